The first-order valence-corrected chi connectivity index (χ1v) is 5.87. The SMILES string of the molecule is COC1CCN(C(CN)c2ccccc2)C1. The fraction of sp³-hybridized carbons (Fsp3) is 0.538. The summed E-state index contributed by atoms with van der Waals surface area (Å²) in [6.45, 7) is 2.74. The fourth-order valence-corrected chi connectivity index (χ4v) is 2.40. The summed E-state index contributed by atoms with van der Waals surface area (Å²) in [4.78, 5) is 2.42. The molecule has 1 aromatic carbocycles. The summed E-state index contributed by atoms with van der Waals surface area (Å²) < 4.78 is 5.39. The number of rotatable bonds is 4. The van der Waals surface area contributed by atoms with Crippen LogP contribution in [0, 0.1) is 0 Å². The van der Waals surface area contributed by atoms with E-state index in [-0.39, 0.29) is 0 Å². The molecular formula is C13H20N2O. The van der Waals surface area contributed by atoms with E-state index in [1.54, 1.807) is 7.11 Å². The highest BCUT2D eigenvalue weighted by Crippen LogP contribution is 2.24. The van der Waals surface area contributed by atoms with E-state index >= 15 is 0 Å². The summed E-state index contributed by atoms with van der Waals surface area (Å²) in [6.07, 6.45) is 1.48. The molecule has 0 aliphatic carbocycles. The number of hydrogen-bond donors (Lipinski definition) is 1. The first-order chi connectivity index (χ1) is 7.85. The Bertz CT molecular complexity index is 315. The van der Waals surface area contributed by atoms with E-state index in [9.17, 15) is 0 Å². The largest absolute Gasteiger partial charge is 0.380 e. The summed E-state index contributed by atoms with van der Waals surface area (Å²) in [7, 11) is 1.79. The van der Waals surface area contributed by atoms with Gasteiger partial charge in [0.05, 0.1) is 6.10 Å². The molecule has 3 nitrogen and oxygen atoms in total. The molecule has 0 radical (unpaired) electrons. The lowest BCUT2D eigenvalue weighted by atomic mass is 10.1. The van der Waals surface area contributed by atoms with E-state index in [2.05, 4.69) is 29.2 Å². The third-order valence-corrected chi connectivity index (χ3v) is 3.36. The van der Waals surface area contributed by atoms with Gasteiger partial charge < -0.3 is 10.5 Å². The van der Waals surface area contributed by atoms with Gasteiger partial charge in [-0.15, -0.1) is 0 Å². The average Bonchev–Trinajstić information content (AvgIpc) is 2.80. The van der Waals surface area contributed by atoms with Crippen molar-refractivity contribution < 1.29 is 4.74 Å². The summed E-state index contributed by atoms with van der Waals surface area (Å²) >= 11 is 0. The molecule has 1 aromatic rings. The molecule has 1 aliphatic rings. The first-order valence-electron chi connectivity index (χ1n) is 5.87. The zero-order chi connectivity index (χ0) is 11.4. The Balaban J connectivity index is 2.06. The van der Waals surface area contributed by atoms with Crippen molar-refractivity contribution in [2.75, 3.05) is 26.7 Å². The third-order valence-electron chi connectivity index (χ3n) is 3.36. The van der Waals surface area contributed by atoms with Crippen molar-refractivity contribution in [2.45, 2.75) is 18.6 Å². The van der Waals surface area contributed by atoms with E-state index in [0.717, 1.165) is 19.5 Å². The molecule has 88 valence electrons. The van der Waals surface area contributed by atoms with E-state index in [0.29, 0.717) is 18.7 Å². The Morgan fingerprint density at radius 3 is 2.75 bits per heavy atom. The Morgan fingerprint density at radius 2 is 2.19 bits per heavy atom. The van der Waals surface area contributed by atoms with Crippen molar-refractivity contribution in [3.05, 3.63) is 35.9 Å². The Kier molecular flexibility index (Phi) is 3.93. The van der Waals surface area contributed by atoms with Crippen molar-refractivity contribution in [2.24, 2.45) is 5.73 Å². The highest BCUT2D eigenvalue weighted by atomic mass is 16.5. The van der Waals surface area contributed by atoms with Crippen molar-refractivity contribution in [3.63, 3.8) is 0 Å². The lowest BCUT2D eigenvalue weighted by Crippen LogP contribution is -2.32. The van der Waals surface area contributed by atoms with Gasteiger partial charge in [0.2, 0.25) is 0 Å². The minimum Gasteiger partial charge on any atom is -0.380 e. The van der Waals surface area contributed by atoms with E-state index < -0.39 is 0 Å². The normalized spacial score (nSPS) is 23.5. The standard InChI is InChI=1S/C13H20N2O/c1-16-12-7-8-15(10-12)13(9-14)11-5-3-2-4-6-11/h2-6,12-13H,7-10,14H2,1H3. The molecule has 1 fully saturated rings. The molecule has 1 aliphatic heterocycles. The van der Waals surface area contributed by atoms with Crippen LogP contribution in [0.2, 0.25) is 0 Å². The van der Waals surface area contributed by atoms with Gasteiger partial charge in [-0.1, -0.05) is 30.3 Å². The van der Waals surface area contributed by atoms with Gasteiger partial charge in [-0.25, -0.2) is 0 Å². The maximum atomic E-state index is 5.89. The molecule has 0 saturated carbocycles. The van der Waals surface area contributed by atoms with Crippen LogP contribution >= 0.6 is 0 Å². The van der Waals surface area contributed by atoms with Gasteiger partial charge in [0, 0.05) is 32.8 Å². The van der Waals surface area contributed by atoms with Crippen LogP contribution in [0.15, 0.2) is 30.3 Å². The fourth-order valence-electron chi connectivity index (χ4n) is 2.40. The van der Waals surface area contributed by atoms with Gasteiger partial charge in [0.25, 0.3) is 0 Å². The number of nitrogens with zero attached hydrogens (tertiary/aromatic N) is 1. The Hall–Kier alpha value is -0.900. The van der Waals surface area contributed by atoms with Crippen LogP contribution in [0.3, 0.4) is 0 Å². The molecule has 2 atom stereocenters. The molecule has 0 spiro atoms. The molecule has 3 heteroatoms. The van der Waals surface area contributed by atoms with Gasteiger partial charge >= 0.3 is 0 Å². The van der Waals surface area contributed by atoms with Crippen molar-refractivity contribution in [3.8, 4) is 0 Å². The summed E-state index contributed by atoms with van der Waals surface area (Å²) in [6, 6.07) is 10.8. The second-order valence-corrected chi connectivity index (χ2v) is 4.30. The summed E-state index contributed by atoms with van der Waals surface area (Å²) in [5.41, 5.74) is 7.20. The molecule has 2 unspecified atom stereocenters. The number of ether oxygens (including phenoxy) is 1. The molecule has 1 heterocycles. The lowest BCUT2D eigenvalue weighted by Gasteiger charge is -2.26. The molecular weight excluding hydrogens is 200 g/mol. The third kappa shape index (κ3) is 2.43. The number of hydrogen-bond acceptors (Lipinski definition) is 3. The predicted molar refractivity (Wildman–Crippen MR) is 65.2 cm³/mol. The monoisotopic (exact) mass is 220 g/mol. The molecule has 2 N–H and O–H groups in total. The number of likely N-dealkylation sites (tertiary alicyclic amines) is 1. The van der Waals surface area contributed by atoms with Gasteiger partial charge in [-0.3, -0.25) is 4.90 Å². The van der Waals surface area contributed by atoms with Gasteiger partial charge in [0.1, 0.15) is 0 Å². The molecule has 0 bridgehead atoms. The van der Waals surface area contributed by atoms with Crippen LogP contribution in [0.25, 0.3) is 0 Å². The first kappa shape index (κ1) is 11.6. The number of benzene rings is 1. The second kappa shape index (κ2) is 5.43. The molecule has 0 amide bonds. The lowest BCUT2D eigenvalue weighted by molar-refractivity contribution is 0.101. The topological polar surface area (TPSA) is 38.5 Å². The Labute approximate surface area is 97.2 Å². The van der Waals surface area contributed by atoms with Crippen LogP contribution in [-0.4, -0.2) is 37.7 Å². The van der Waals surface area contributed by atoms with Crippen molar-refractivity contribution in [1.82, 2.24) is 4.90 Å². The smallest absolute Gasteiger partial charge is 0.0710 e. The van der Waals surface area contributed by atoms with Crippen LogP contribution < -0.4 is 5.73 Å². The van der Waals surface area contributed by atoms with Crippen LogP contribution in [0.1, 0.15) is 18.0 Å². The quantitative estimate of drug-likeness (QED) is 0.833. The number of nitrogens with two attached hydrogens (primary N) is 1. The van der Waals surface area contributed by atoms with Gasteiger partial charge in [0.15, 0.2) is 0 Å². The maximum absolute atomic E-state index is 5.89. The van der Waals surface area contributed by atoms with Crippen LogP contribution in [-0.2, 0) is 4.74 Å². The predicted octanol–water partition coefficient (Wildman–Crippen LogP) is 1.41. The van der Waals surface area contributed by atoms with E-state index in [1.807, 2.05) is 6.07 Å². The van der Waals surface area contributed by atoms with Crippen LogP contribution in [0.4, 0.5) is 0 Å². The molecule has 0 aromatic heterocycles. The highest BCUT2D eigenvalue weighted by Gasteiger charge is 2.27. The van der Waals surface area contributed by atoms with Crippen molar-refractivity contribution in [1.29, 1.82) is 0 Å². The van der Waals surface area contributed by atoms with Gasteiger partial charge in [-0.05, 0) is 12.0 Å². The molecule has 1 saturated heterocycles. The highest BCUT2D eigenvalue weighted by molar-refractivity contribution is 5.19. The number of methoxy groups -OCH3 is 1. The summed E-state index contributed by atoms with van der Waals surface area (Å²) in [5.74, 6) is 0. The zero-order valence-electron chi connectivity index (χ0n) is 9.80. The zero-order valence-corrected chi connectivity index (χ0v) is 9.80. The van der Waals surface area contributed by atoms with Crippen LogP contribution in [0.5, 0.6) is 0 Å². The minimum atomic E-state index is 0.335. The second-order valence-electron chi connectivity index (χ2n) is 4.30. The maximum Gasteiger partial charge on any atom is 0.0710 e. The van der Waals surface area contributed by atoms with Crippen molar-refractivity contribution >= 4 is 0 Å². The Morgan fingerprint density at radius 1 is 1.44 bits per heavy atom. The van der Waals surface area contributed by atoms with E-state index in [4.69, 9.17) is 10.5 Å². The summed E-state index contributed by atoms with van der Waals surface area (Å²) in [5, 5.41) is 0. The van der Waals surface area contributed by atoms with Gasteiger partial charge in [-0.2, -0.15) is 0 Å². The molecule has 2 rings (SSSR count). The minimum absolute atomic E-state index is 0.335. The van der Waals surface area contributed by atoms with E-state index in [1.165, 1.54) is 5.56 Å². The molecule has 16 heavy (non-hydrogen) atoms. The average molecular weight is 220 g/mol.